The quantitative estimate of drug-likeness (QED) is 0.450. The van der Waals surface area contributed by atoms with Gasteiger partial charge in [-0.1, -0.05) is 13.3 Å². The number of nitrogens with zero attached hydrogens (tertiary/aromatic N) is 1. The number of nitrogens with one attached hydrogen (secondary N) is 1. The number of amides is 1. The predicted molar refractivity (Wildman–Crippen MR) is 94.9 cm³/mol. The molecule has 6 heteroatoms. The molecule has 25 heavy (non-hydrogen) atoms. The van der Waals surface area contributed by atoms with Crippen molar-refractivity contribution in [3.8, 4) is 11.5 Å². The van der Waals surface area contributed by atoms with Crippen molar-refractivity contribution < 1.29 is 18.7 Å². The van der Waals surface area contributed by atoms with E-state index in [9.17, 15) is 9.18 Å². The minimum atomic E-state index is -0.413. The number of benzene rings is 2. The predicted octanol–water partition coefficient (Wildman–Crippen LogP) is 3.78. The van der Waals surface area contributed by atoms with Crippen molar-refractivity contribution in [1.29, 1.82) is 0 Å². The summed E-state index contributed by atoms with van der Waals surface area (Å²) in [5.74, 6) is 0.464. The van der Waals surface area contributed by atoms with Crippen molar-refractivity contribution in [2.45, 2.75) is 19.8 Å². The number of unbranched alkanes of at least 4 members (excludes halogenated alkanes) is 1. The number of methoxy groups -OCH3 is 1. The van der Waals surface area contributed by atoms with Gasteiger partial charge in [0, 0.05) is 5.56 Å². The molecule has 1 amide bonds. The standard InChI is InChI=1S/C19H21FN2O3/c1-3-4-11-25-18-12-14(5-10-17(18)24-2)13-21-22-19(23)15-6-8-16(20)9-7-15/h5-10,12-13H,3-4,11H2,1-2H3,(H,22,23)/b21-13-. The first-order valence-corrected chi connectivity index (χ1v) is 8.04. The average molecular weight is 344 g/mol. The van der Waals surface area contributed by atoms with Gasteiger partial charge in [0.25, 0.3) is 5.91 Å². The molecule has 0 heterocycles. The van der Waals surface area contributed by atoms with Crippen LogP contribution in [0.25, 0.3) is 0 Å². The van der Waals surface area contributed by atoms with Crippen molar-refractivity contribution in [3.63, 3.8) is 0 Å². The zero-order valence-electron chi connectivity index (χ0n) is 14.3. The van der Waals surface area contributed by atoms with Gasteiger partial charge in [-0.3, -0.25) is 4.79 Å². The van der Waals surface area contributed by atoms with Gasteiger partial charge in [0.1, 0.15) is 5.82 Å². The summed E-state index contributed by atoms with van der Waals surface area (Å²) in [6.45, 7) is 2.70. The van der Waals surface area contributed by atoms with Crippen LogP contribution in [0.4, 0.5) is 4.39 Å². The first-order valence-electron chi connectivity index (χ1n) is 8.04. The molecule has 1 N–H and O–H groups in total. The van der Waals surface area contributed by atoms with E-state index in [2.05, 4.69) is 17.5 Å². The molecule has 0 radical (unpaired) electrons. The lowest BCUT2D eigenvalue weighted by Crippen LogP contribution is -2.17. The number of rotatable bonds is 8. The third-order valence-corrected chi connectivity index (χ3v) is 3.43. The fourth-order valence-electron chi connectivity index (χ4n) is 2.04. The molecule has 0 saturated carbocycles. The third kappa shape index (κ3) is 5.60. The normalized spacial score (nSPS) is 10.7. The molecule has 0 aliphatic carbocycles. The molecule has 0 spiro atoms. The molecule has 0 aliphatic heterocycles. The Bertz CT molecular complexity index is 730. The molecule has 0 saturated heterocycles. The lowest BCUT2D eigenvalue weighted by Gasteiger charge is -2.10. The van der Waals surface area contributed by atoms with Crippen LogP contribution >= 0.6 is 0 Å². The molecule has 0 fully saturated rings. The molecule has 0 aliphatic rings. The Kier molecular flexibility index (Phi) is 6.95. The highest BCUT2D eigenvalue weighted by Crippen LogP contribution is 2.27. The number of ether oxygens (including phenoxy) is 2. The Morgan fingerprint density at radius 3 is 2.64 bits per heavy atom. The number of hydrogen-bond donors (Lipinski definition) is 1. The first kappa shape index (κ1) is 18.4. The second kappa shape index (κ2) is 9.42. The summed E-state index contributed by atoms with van der Waals surface area (Å²) in [6.07, 6.45) is 3.50. The van der Waals surface area contributed by atoms with Gasteiger partial charge < -0.3 is 9.47 Å². The number of hydrogen-bond acceptors (Lipinski definition) is 4. The Morgan fingerprint density at radius 1 is 1.20 bits per heavy atom. The maximum atomic E-state index is 12.9. The van der Waals surface area contributed by atoms with Gasteiger partial charge in [-0.05, 0) is 54.4 Å². The van der Waals surface area contributed by atoms with Gasteiger partial charge in [0.15, 0.2) is 11.5 Å². The van der Waals surface area contributed by atoms with Gasteiger partial charge >= 0.3 is 0 Å². The second-order valence-electron chi connectivity index (χ2n) is 5.32. The van der Waals surface area contributed by atoms with Crippen molar-refractivity contribution >= 4 is 12.1 Å². The lowest BCUT2D eigenvalue weighted by atomic mass is 10.2. The maximum Gasteiger partial charge on any atom is 0.271 e. The monoisotopic (exact) mass is 344 g/mol. The first-order chi connectivity index (χ1) is 12.1. The van der Waals surface area contributed by atoms with Crippen LogP contribution in [0.1, 0.15) is 35.7 Å². The largest absolute Gasteiger partial charge is 0.493 e. The average Bonchev–Trinajstić information content (AvgIpc) is 2.62. The Labute approximate surface area is 146 Å². The van der Waals surface area contributed by atoms with E-state index < -0.39 is 11.7 Å². The summed E-state index contributed by atoms with van der Waals surface area (Å²) in [5.41, 5.74) is 3.49. The molecular formula is C19H21FN2O3. The summed E-state index contributed by atoms with van der Waals surface area (Å²) in [5, 5.41) is 3.92. The van der Waals surface area contributed by atoms with Crippen LogP contribution in [0.3, 0.4) is 0 Å². The van der Waals surface area contributed by atoms with Crippen LogP contribution in [0.15, 0.2) is 47.6 Å². The van der Waals surface area contributed by atoms with Gasteiger partial charge in [-0.2, -0.15) is 5.10 Å². The van der Waals surface area contributed by atoms with Crippen LogP contribution in [0.2, 0.25) is 0 Å². The molecule has 5 nitrogen and oxygen atoms in total. The van der Waals surface area contributed by atoms with Crippen LogP contribution in [0.5, 0.6) is 11.5 Å². The van der Waals surface area contributed by atoms with E-state index in [1.807, 2.05) is 0 Å². The zero-order valence-corrected chi connectivity index (χ0v) is 14.3. The zero-order chi connectivity index (χ0) is 18.1. The molecule has 2 aromatic rings. The van der Waals surface area contributed by atoms with Crippen LogP contribution in [0, 0.1) is 5.82 Å². The number of carbonyl (C=O) groups is 1. The minimum absolute atomic E-state index is 0.330. The van der Waals surface area contributed by atoms with E-state index in [-0.39, 0.29) is 0 Å². The molecule has 2 aromatic carbocycles. The van der Waals surface area contributed by atoms with E-state index in [4.69, 9.17) is 9.47 Å². The molecule has 0 atom stereocenters. The maximum absolute atomic E-state index is 12.9. The summed E-state index contributed by atoms with van der Waals surface area (Å²) in [6, 6.07) is 10.6. The van der Waals surface area contributed by atoms with Crippen molar-refractivity contribution in [2.24, 2.45) is 5.10 Å². The van der Waals surface area contributed by atoms with Crippen LogP contribution in [-0.4, -0.2) is 25.8 Å². The Balaban J connectivity index is 2.00. The Morgan fingerprint density at radius 2 is 1.96 bits per heavy atom. The van der Waals surface area contributed by atoms with Crippen molar-refractivity contribution in [2.75, 3.05) is 13.7 Å². The highest BCUT2D eigenvalue weighted by molar-refractivity contribution is 5.94. The van der Waals surface area contributed by atoms with E-state index in [1.165, 1.54) is 30.5 Å². The second-order valence-corrected chi connectivity index (χ2v) is 5.32. The highest BCUT2D eigenvalue weighted by Gasteiger charge is 2.06. The molecule has 0 bridgehead atoms. The topological polar surface area (TPSA) is 59.9 Å². The van der Waals surface area contributed by atoms with Gasteiger partial charge in [0.2, 0.25) is 0 Å². The molecular weight excluding hydrogens is 323 g/mol. The van der Waals surface area contributed by atoms with E-state index in [1.54, 1.807) is 25.3 Å². The van der Waals surface area contributed by atoms with Gasteiger partial charge in [-0.25, -0.2) is 9.82 Å². The van der Waals surface area contributed by atoms with Crippen molar-refractivity contribution in [1.82, 2.24) is 5.43 Å². The smallest absolute Gasteiger partial charge is 0.271 e. The minimum Gasteiger partial charge on any atom is -0.493 e. The van der Waals surface area contributed by atoms with E-state index in [0.717, 1.165) is 18.4 Å². The molecule has 0 unspecified atom stereocenters. The number of hydrazone groups is 1. The molecule has 2 rings (SSSR count). The van der Waals surface area contributed by atoms with Crippen LogP contribution in [-0.2, 0) is 0 Å². The van der Waals surface area contributed by atoms with Gasteiger partial charge in [-0.15, -0.1) is 0 Å². The Hall–Kier alpha value is -2.89. The fraction of sp³-hybridized carbons (Fsp3) is 0.263. The van der Waals surface area contributed by atoms with Gasteiger partial charge in [0.05, 0.1) is 19.9 Å². The van der Waals surface area contributed by atoms with E-state index in [0.29, 0.717) is 23.7 Å². The highest BCUT2D eigenvalue weighted by atomic mass is 19.1. The summed E-state index contributed by atoms with van der Waals surface area (Å²) >= 11 is 0. The third-order valence-electron chi connectivity index (χ3n) is 3.43. The summed E-state index contributed by atoms with van der Waals surface area (Å²) in [4.78, 5) is 11.9. The van der Waals surface area contributed by atoms with Crippen LogP contribution < -0.4 is 14.9 Å². The SMILES string of the molecule is CCCCOc1cc(/C=N\NC(=O)c2ccc(F)cc2)ccc1OC. The number of halogens is 1. The van der Waals surface area contributed by atoms with E-state index >= 15 is 0 Å². The lowest BCUT2D eigenvalue weighted by molar-refractivity contribution is 0.0955. The molecule has 132 valence electrons. The summed E-state index contributed by atoms with van der Waals surface area (Å²) in [7, 11) is 1.58. The number of carbonyl (C=O) groups excluding carboxylic acids is 1. The van der Waals surface area contributed by atoms with Crippen molar-refractivity contribution in [3.05, 3.63) is 59.4 Å². The summed E-state index contributed by atoms with van der Waals surface area (Å²) < 4.78 is 23.8. The fourth-order valence-corrected chi connectivity index (χ4v) is 2.04. The molecule has 0 aromatic heterocycles.